The van der Waals surface area contributed by atoms with Gasteiger partial charge in [0.2, 0.25) is 0 Å². The van der Waals surface area contributed by atoms with Gasteiger partial charge in [0.25, 0.3) is 0 Å². The molecule has 0 saturated carbocycles. The average Bonchev–Trinajstić information content (AvgIpc) is 3.09. The van der Waals surface area contributed by atoms with E-state index in [1.54, 1.807) is 32.0 Å². The molecule has 4 rings (SSSR count). The molecule has 0 radical (unpaired) electrons. The van der Waals surface area contributed by atoms with Gasteiger partial charge in [-0.15, -0.1) is 0 Å². The topological polar surface area (TPSA) is 125 Å². The number of piperidine rings is 1. The highest BCUT2D eigenvalue weighted by molar-refractivity contribution is 8.24. The Balaban J connectivity index is 1.65. The lowest BCUT2D eigenvalue weighted by Gasteiger charge is -2.43. The van der Waals surface area contributed by atoms with Crippen molar-refractivity contribution in [3.63, 3.8) is 0 Å². The van der Waals surface area contributed by atoms with Gasteiger partial charge in [-0.25, -0.2) is 23.7 Å². The van der Waals surface area contributed by atoms with Crippen LogP contribution in [0.15, 0.2) is 18.2 Å². The van der Waals surface area contributed by atoms with Gasteiger partial charge in [-0.05, 0) is 53.5 Å². The van der Waals surface area contributed by atoms with Gasteiger partial charge in [0.1, 0.15) is 0 Å². The minimum atomic E-state index is -2.80. The fourth-order valence-electron chi connectivity index (χ4n) is 5.19. The number of rotatable bonds is 6. The van der Waals surface area contributed by atoms with E-state index in [1.165, 1.54) is 0 Å². The van der Waals surface area contributed by atoms with E-state index in [0.717, 1.165) is 0 Å². The van der Waals surface area contributed by atoms with Gasteiger partial charge < -0.3 is 9.64 Å². The van der Waals surface area contributed by atoms with Crippen LogP contribution in [0.1, 0.15) is 56.7 Å². The quantitative estimate of drug-likeness (QED) is 0.352. The molecule has 1 aromatic carbocycles. The SMILES string of the molecule is CCOC(=O)c1nc(-c2cccc(Cl)c2Cl)c(C)nc1N1CCC2(CC1)CS(O)(O)C[C@H]2NS(=O)C(C)(C)C. The van der Waals surface area contributed by atoms with Crippen molar-refractivity contribution in [1.82, 2.24) is 14.7 Å². The van der Waals surface area contributed by atoms with Crippen LogP contribution in [0.5, 0.6) is 0 Å². The van der Waals surface area contributed by atoms with Gasteiger partial charge in [0, 0.05) is 35.9 Å². The summed E-state index contributed by atoms with van der Waals surface area (Å²) in [5.74, 6) is 0.260. The molecule has 2 aliphatic heterocycles. The van der Waals surface area contributed by atoms with E-state index in [-0.39, 0.29) is 29.8 Å². The maximum absolute atomic E-state index is 13.0. The molecule has 1 unspecified atom stereocenters. The summed E-state index contributed by atoms with van der Waals surface area (Å²) in [4.78, 5) is 24.5. The van der Waals surface area contributed by atoms with Crippen molar-refractivity contribution in [3.05, 3.63) is 39.6 Å². The van der Waals surface area contributed by atoms with E-state index in [9.17, 15) is 18.1 Å². The zero-order valence-corrected chi connectivity index (χ0v) is 25.9. The Kier molecular flexibility index (Phi) is 8.93. The summed E-state index contributed by atoms with van der Waals surface area (Å²) in [5, 5.41) is 0.696. The van der Waals surface area contributed by atoms with Crippen LogP contribution in [-0.4, -0.2) is 71.2 Å². The number of halogens is 2. The van der Waals surface area contributed by atoms with E-state index >= 15 is 0 Å². The molecule has 0 aliphatic carbocycles. The molecule has 1 spiro atoms. The summed E-state index contributed by atoms with van der Waals surface area (Å²) >= 11 is 12.7. The fraction of sp³-hybridized carbons (Fsp3) is 0.577. The monoisotopic (exact) mass is 618 g/mol. The maximum Gasteiger partial charge on any atom is 0.360 e. The van der Waals surface area contributed by atoms with Gasteiger partial charge in [0.15, 0.2) is 11.5 Å². The van der Waals surface area contributed by atoms with E-state index < -0.39 is 37.7 Å². The largest absolute Gasteiger partial charge is 0.461 e. The zero-order valence-electron chi connectivity index (χ0n) is 22.8. The molecule has 2 saturated heterocycles. The highest BCUT2D eigenvalue weighted by atomic mass is 35.5. The third-order valence-corrected chi connectivity index (χ3v) is 11.6. The molecular formula is C26H36Cl2N4O5S2. The molecule has 216 valence electrons. The van der Waals surface area contributed by atoms with Gasteiger partial charge in [-0.3, -0.25) is 9.11 Å². The number of aromatic nitrogens is 2. The van der Waals surface area contributed by atoms with Crippen LogP contribution < -0.4 is 9.62 Å². The van der Waals surface area contributed by atoms with Crippen molar-refractivity contribution in [2.24, 2.45) is 5.41 Å². The number of nitrogens with zero attached hydrogens (tertiary/aromatic N) is 3. The van der Waals surface area contributed by atoms with E-state index in [4.69, 9.17) is 32.9 Å². The lowest BCUT2D eigenvalue weighted by Crippen LogP contribution is -2.53. The van der Waals surface area contributed by atoms with Gasteiger partial charge in [-0.1, -0.05) is 35.3 Å². The number of anilines is 1. The summed E-state index contributed by atoms with van der Waals surface area (Å²) in [6.07, 6.45) is 1.21. The summed E-state index contributed by atoms with van der Waals surface area (Å²) in [6.45, 7) is 10.4. The first-order chi connectivity index (χ1) is 18.2. The number of ether oxygens (including phenoxy) is 1. The number of carbonyl (C=O) groups excluding carboxylic acids is 1. The van der Waals surface area contributed by atoms with Crippen LogP contribution >= 0.6 is 33.8 Å². The van der Waals surface area contributed by atoms with Crippen LogP contribution in [-0.2, 0) is 15.7 Å². The Morgan fingerprint density at radius 3 is 2.54 bits per heavy atom. The average molecular weight is 620 g/mol. The Bertz CT molecular complexity index is 1280. The second-order valence-electron chi connectivity index (χ2n) is 11.2. The van der Waals surface area contributed by atoms with Crippen LogP contribution in [0.25, 0.3) is 11.3 Å². The molecule has 0 bridgehead atoms. The highest BCUT2D eigenvalue weighted by Crippen LogP contribution is 2.58. The van der Waals surface area contributed by atoms with Crippen molar-refractivity contribution in [2.45, 2.75) is 58.2 Å². The van der Waals surface area contributed by atoms with Crippen LogP contribution in [0.3, 0.4) is 0 Å². The number of carbonyl (C=O) groups is 1. The molecule has 9 nitrogen and oxygen atoms in total. The number of nitrogens with one attached hydrogen (secondary N) is 1. The summed E-state index contributed by atoms with van der Waals surface area (Å²) < 4.78 is 42.3. The van der Waals surface area contributed by atoms with Crippen molar-refractivity contribution in [2.75, 3.05) is 36.1 Å². The molecule has 3 N–H and O–H groups in total. The summed E-state index contributed by atoms with van der Waals surface area (Å²) in [5.41, 5.74) is 1.25. The Morgan fingerprint density at radius 1 is 1.26 bits per heavy atom. The van der Waals surface area contributed by atoms with E-state index in [0.29, 0.717) is 58.7 Å². The second kappa shape index (κ2) is 11.4. The number of hydrogen-bond donors (Lipinski definition) is 3. The van der Waals surface area contributed by atoms with E-state index in [2.05, 4.69) is 9.71 Å². The van der Waals surface area contributed by atoms with Gasteiger partial charge >= 0.3 is 5.97 Å². The number of aryl methyl sites for hydroxylation is 1. The molecule has 0 amide bonds. The smallest absolute Gasteiger partial charge is 0.360 e. The Morgan fingerprint density at radius 2 is 1.92 bits per heavy atom. The minimum absolute atomic E-state index is 0.0867. The molecule has 3 heterocycles. The van der Waals surface area contributed by atoms with Gasteiger partial charge in [-0.2, -0.15) is 10.6 Å². The molecule has 2 fully saturated rings. The third-order valence-electron chi connectivity index (χ3n) is 7.28. The van der Waals surface area contributed by atoms with Crippen LogP contribution in [0, 0.1) is 12.3 Å². The molecule has 39 heavy (non-hydrogen) atoms. The number of benzene rings is 1. The van der Waals surface area contributed by atoms with Crippen molar-refractivity contribution in [1.29, 1.82) is 0 Å². The van der Waals surface area contributed by atoms with Crippen molar-refractivity contribution in [3.8, 4) is 11.3 Å². The maximum atomic E-state index is 13.0. The molecule has 2 aliphatic rings. The summed E-state index contributed by atoms with van der Waals surface area (Å²) in [6, 6.07) is 4.92. The van der Waals surface area contributed by atoms with E-state index in [1.807, 2.05) is 25.7 Å². The molecular weight excluding hydrogens is 583 g/mol. The fourth-order valence-corrected chi connectivity index (χ4v) is 9.13. The molecule has 13 heteroatoms. The minimum Gasteiger partial charge on any atom is -0.461 e. The van der Waals surface area contributed by atoms with Crippen molar-refractivity contribution < 1.29 is 22.8 Å². The predicted octanol–water partition coefficient (Wildman–Crippen LogP) is 5.71. The number of esters is 1. The first-order valence-corrected chi connectivity index (χ1v) is 16.6. The van der Waals surface area contributed by atoms with Crippen LogP contribution in [0.2, 0.25) is 10.0 Å². The summed E-state index contributed by atoms with van der Waals surface area (Å²) in [7, 11) is -4.15. The van der Waals surface area contributed by atoms with Crippen LogP contribution in [0.4, 0.5) is 5.82 Å². The Hall–Kier alpha value is -1.47. The standard InChI is InChI=1S/C26H36Cl2N4O5S2/c1-6-37-24(33)22-23(29-16(2)21(30-22)17-8-7-9-18(27)20(17)28)32-12-10-26(11-13-32)15-39(35,36)14-19(26)31-38(34)25(3,4)5/h7-9,19,31,35-36H,6,10-15H2,1-5H3/t19-,38?/m1/s1. The first-order valence-electron chi connectivity index (χ1n) is 12.8. The lowest BCUT2D eigenvalue weighted by atomic mass is 9.75. The third kappa shape index (κ3) is 6.39. The zero-order chi connectivity index (χ0) is 28.8. The lowest BCUT2D eigenvalue weighted by molar-refractivity contribution is 0.0519. The highest BCUT2D eigenvalue weighted by Gasteiger charge is 2.52. The van der Waals surface area contributed by atoms with Crippen molar-refractivity contribution >= 4 is 56.6 Å². The van der Waals surface area contributed by atoms with Gasteiger partial charge in [0.05, 0.1) is 49.5 Å². The molecule has 2 aromatic rings. The normalized spacial score (nSPS) is 22.1. The Labute approximate surface area is 244 Å². The molecule has 2 atom stereocenters. The predicted molar refractivity (Wildman–Crippen MR) is 159 cm³/mol. The first kappa shape index (κ1) is 30.5. The molecule has 1 aromatic heterocycles. The second-order valence-corrected chi connectivity index (χ2v) is 16.2. The number of hydrogen-bond acceptors (Lipinski definition) is 8.